The van der Waals surface area contributed by atoms with Crippen LogP contribution in [0.15, 0.2) is 126 Å². The summed E-state index contributed by atoms with van der Waals surface area (Å²) in [5.41, 5.74) is 11.8. The minimum Gasteiger partial charge on any atom is -0.399 e. The van der Waals surface area contributed by atoms with E-state index in [1.54, 1.807) is 0 Å². The maximum Gasteiger partial charge on any atom is 0.261 e. The average molecular weight is 666 g/mol. The first-order chi connectivity index (χ1) is 23.1. The molecule has 0 N–H and O–H groups in total. The molecular weight excluding hydrogens is 619 g/mol. The van der Waals surface area contributed by atoms with Gasteiger partial charge in [-0.3, -0.25) is 0 Å². The lowest BCUT2D eigenvalue weighted by atomic mass is 10.0. The fourth-order valence-electron chi connectivity index (χ4n) is 6.52. The molecule has 0 amide bonds. The molecule has 48 heavy (non-hydrogen) atoms. The van der Waals surface area contributed by atoms with Crippen LogP contribution in [0.4, 0.5) is 0 Å². The van der Waals surface area contributed by atoms with Gasteiger partial charge in [-0.25, -0.2) is 0 Å². The van der Waals surface area contributed by atoms with Crippen LogP contribution >= 0.6 is 0 Å². The first-order valence-corrected chi connectivity index (χ1v) is 18.5. The zero-order valence-corrected chi connectivity index (χ0v) is 29.6. The molecule has 9 heteroatoms. The quantitative estimate of drug-likeness (QED) is 0.0565. The molecule has 0 unspecified atom stereocenters. The summed E-state index contributed by atoms with van der Waals surface area (Å²) >= 11 is 0. The Kier molecular flexibility index (Phi) is 11.9. The molecule has 0 saturated carbocycles. The predicted molar refractivity (Wildman–Crippen MR) is 191 cm³/mol. The lowest BCUT2D eigenvalue weighted by Gasteiger charge is -2.46. The molecule has 4 aromatic rings. The Morgan fingerprint density at radius 3 is 1.60 bits per heavy atom. The first-order valence-electron chi connectivity index (χ1n) is 16.5. The zero-order valence-electron chi connectivity index (χ0n) is 28.6. The minimum atomic E-state index is -3.06. The fourth-order valence-corrected chi connectivity index (χ4v) is 11.2. The molecule has 1 aliphatic rings. The van der Waals surface area contributed by atoms with Gasteiger partial charge in [-0.1, -0.05) is 147 Å². The summed E-state index contributed by atoms with van der Waals surface area (Å²) in [4.78, 5) is 3.20. The maximum atomic E-state index is 9.68. The third-order valence-corrected chi connectivity index (χ3v) is 13.7. The van der Waals surface area contributed by atoms with E-state index in [0.29, 0.717) is 13.2 Å². The van der Waals surface area contributed by atoms with E-state index in [2.05, 4.69) is 79.3 Å². The summed E-state index contributed by atoms with van der Waals surface area (Å²) in [6, 6.07) is 40.3. The van der Waals surface area contributed by atoms with Gasteiger partial charge in [0.1, 0.15) is 12.2 Å². The molecular formula is C39H47N3O5Si. The molecule has 1 heterocycles. The number of hydrogen-bond donors (Lipinski definition) is 0. The minimum absolute atomic E-state index is 0.149. The van der Waals surface area contributed by atoms with Crippen molar-refractivity contribution in [2.75, 3.05) is 13.2 Å². The number of hydrogen-bond acceptors (Lipinski definition) is 6. The predicted octanol–water partition coefficient (Wildman–Crippen LogP) is 7.56. The van der Waals surface area contributed by atoms with Crippen LogP contribution in [-0.2, 0) is 36.6 Å². The molecule has 4 atom stereocenters. The number of nitrogens with zero attached hydrogens (tertiary/aromatic N) is 3. The van der Waals surface area contributed by atoms with E-state index in [0.717, 1.165) is 21.5 Å². The van der Waals surface area contributed by atoms with Crippen molar-refractivity contribution >= 4 is 18.7 Å². The van der Waals surface area contributed by atoms with Crippen molar-refractivity contribution in [3.05, 3.63) is 143 Å². The second-order valence-electron chi connectivity index (χ2n) is 13.7. The lowest BCUT2D eigenvalue weighted by molar-refractivity contribution is -0.158. The highest BCUT2D eigenvalue weighted by Crippen LogP contribution is 2.41. The number of azide groups is 1. The van der Waals surface area contributed by atoms with Gasteiger partial charge in [0.25, 0.3) is 8.32 Å². The monoisotopic (exact) mass is 665 g/mol. The van der Waals surface area contributed by atoms with E-state index in [4.69, 9.17) is 23.4 Å². The smallest absolute Gasteiger partial charge is 0.261 e. The van der Waals surface area contributed by atoms with Crippen LogP contribution < -0.4 is 10.4 Å². The summed E-state index contributed by atoms with van der Waals surface area (Å²) in [5.74, 6) is -0.968. The molecule has 1 fully saturated rings. The Labute approximate surface area is 285 Å². The Morgan fingerprint density at radius 1 is 0.708 bits per heavy atom. The highest BCUT2D eigenvalue weighted by Gasteiger charge is 2.56. The number of benzene rings is 4. The third-order valence-electron chi connectivity index (χ3n) is 8.65. The molecule has 252 valence electrons. The zero-order chi connectivity index (χ0) is 34.0. The van der Waals surface area contributed by atoms with Crippen LogP contribution in [0.5, 0.6) is 0 Å². The first kappa shape index (κ1) is 35.5. The number of rotatable bonds is 15. The second-order valence-corrected chi connectivity index (χ2v) is 17.9. The van der Waals surface area contributed by atoms with Gasteiger partial charge in [-0.05, 0) is 45.9 Å². The molecule has 0 aromatic heterocycles. The van der Waals surface area contributed by atoms with Gasteiger partial charge < -0.3 is 23.4 Å². The van der Waals surface area contributed by atoms with Crippen molar-refractivity contribution in [1.29, 1.82) is 0 Å². The van der Waals surface area contributed by atoms with Gasteiger partial charge in [-0.2, -0.15) is 0 Å². The van der Waals surface area contributed by atoms with E-state index in [1.165, 1.54) is 0 Å². The normalized spacial score (nSPS) is 18.9. The van der Waals surface area contributed by atoms with Crippen molar-refractivity contribution in [3.8, 4) is 0 Å². The Bertz CT molecular complexity index is 1560. The van der Waals surface area contributed by atoms with E-state index >= 15 is 0 Å². The molecule has 0 radical (unpaired) electrons. The van der Waals surface area contributed by atoms with Crippen LogP contribution in [0.3, 0.4) is 0 Å². The Morgan fingerprint density at radius 2 is 1.15 bits per heavy atom. The molecule has 4 aromatic carbocycles. The molecule has 1 aliphatic heterocycles. The lowest BCUT2D eigenvalue weighted by Crippen LogP contribution is -2.69. The highest BCUT2D eigenvalue weighted by atomic mass is 28.4. The summed E-state index contributed by atoms with van der Waals surface area (Å²) in [6.45, 7) is 11.7. The van der Waals surface area contributed by atoms with Crippen molar-refractivity contribution in [3.63, 3.8) is 0 Å². The molecule has 1 saturated heterocycles. The van der Waals surface area contributed by atoms with Crippen LogP contribution in [0.2, 0.25) is 5.04 Å². The third kappa shape index (κ3) is 8.62. The molecule has 0 aliphatic carbocycles. The standard InChI is InChI=1S/C39H47N3O5Si/c1-38(2,3)48(32-22-14-8-15-23-32,33-24-16-9-17-25-33)47-35(29-44-27-31-20-12-7-13-21-31)37-36(45-39(4,5)46-37)34(41-42-40)28-43-26-30-18-10-6-11-19-30/h6-25,34-37H,26-29H2,1-5H3/t34-,35+,36+,37+/m0/s1. The summed E-state index contributed by atoms with van der Waals surface area (Å²) in [6.07, 6.45) is -1.87. The average Bonchev–Trinajstić information content (AvgIpc) is 3.42. The topological polar surface area (TPSA) is 94.9 Å². The summed E-state index contributed by atoms with van der Waals surface area (Å²) < 4.78 is 33.5. The van der Waals surface area contributed by atoms with E-state index in [-0.39, 0.29) is 18.3 Å². The molecule has 0 spiro atoms. The van der Waals surface area contributed by atoms with Gasteiger partial charge in [0.05, 0.1) is 38.6 Å². The maximum absolute atomic E-state index is 9.68. The molecule has 8 nitrogen and oxygen atoms in total. The van der Waals surface area contributed by atoms with E-state index in [9.17, 15) is 5.53 Å². The van der Waals surface area contributed by atoms with Gasteiger partial charge in [0.15, 0.2) is 5.79 Å². The van der Waals surface area contributed by atoms with E-state index < -0.39 is 38.5 Å². The van der Waals surface area contributed by atoms with Gasteiger partial charge in [-0.15, -0.1) is 0 Å². The highest BCUT2D eigenvalue weighted by molar-refractivity contribution is 6.99. The van der Waals surface area contributed by atoms with Crippen molar-refractivity contribution in [2.24, 2.45) is 5.11 Å². The van der Waals surface area contributed by atoms with Crippen LogP contribution in [0.25, 0.3) is 10.4 Å². The van der Waals surface area contributed by atoms with Crippen molar-refractivity contribution in [2.45, 2.75) is 83.0 Å². The van der Waals surface area contributed by atoms with Crippen LogP contribution in [0.1, 0.15) is 45.7 Å². The Hall–Kier alpha value is -3.79. The largest absolute Gasteiger partial charge is 0.399 e. The van der Waals surface area contributed by atoms with Crippen LogP contribution in [0, 0.1) is 0 Å². The van der Waals surface area contributed by atoms with Crippen LogP contribution in [-0.4, -0.2) is 51.7 Å². The Balaban J connectivity index is 1.54. The van der Waals surface area contributed by atoms with Crippen molar-refractivity contribution < 1.29 is 23.4 Å². The van der Waals surface area contributed by atoms with Gasteiger partial charge in [0, 0.05) is 4.91 Å². The fraction of sp³-hybridized carbons (Fsp3) is 0.385. The summed E-state index contributed by atoms with van der Waals surface area (Å²) in [5, 5.41) is 6.19. The second kappa shape index (κ2) is 16.1. The molecule has 0 bridgehead atoms. The number of ether oxygens (including phenoxy) is 4. The van der Waals surface area contributed by atoms with E-state index in [1.807, 2.05) is 86.6 Å². The molecule has 5 rings (SSSR count). The summed E-state index contributed by atoms with van der Waals surface area (Å²) in [7, 11) is -3.06. The van der Waals surface area contributed by atoms with Gasteiger partial charge >= 0.3 is 0 Å². The SMILES string of the molecule is CC1(C)O[C@H]([C@H](COCc2ccccc2)N=[N+]=[N-])[C@@H]([C@@H](COCc2ccccc2)O[Si](c2ccccc2)(c2ccccc2)C(C)(C)C)O1. The van der Waals surface area contributed by atoms with Gasteiger partial charge in [0.2, 0.25) is 0 Å². The van der Waals surface area contributed by atoms with Crippen molar-refractivity contribution in [1.82, 2.24) is 0 Å².